The number of nitrogens with one attached hydrogen (secondary N) is 6. The summed E-state index contributed by atoms with van der Waals surface area (Å²) in [4.78, 5) is 75.5. The van der Waals surface area contributed by atoms with Crippen LogP contribution in [0.5, 0.6) is 69.0 Å². The molecule has 0 atom stereocenters. The fourth-order valence-corrected chi connectivity index (χ4v) is 14.8. The third-order valence-corrected chi connectivity index (χ3v) is 27.1. The van der Waals surface area contributed by atoms with E-state index in [1.807, 2.05) is 37.3 Å². The molecule has 0 radical (unpaired) electrons. The van der Waals surface area contributed by atoms with Gasteiger partial charge >= 0.3 is 0 Å². The van der Waals surface area contributed by atoms with E-state index in [0.29, 0.717) is 107 Å². The number of hydrazone groups is 6. The smallest absolute Gasteiger partial charge is 0.272 e. The molecule has 6 amide bonds. The maximum atomic E-state index is 13.1. The Morgan fingerprint density at radius 2 is 0.756 bits per heavy atom. The van der Waals surface area contributed by atoms with Crippen molar-refractivity contribution >= 4 is 239 Å². The summed E-state index contributed by atoms with van der Waals surface area (Å²) < 4.78 is 38.8. The number of pyridine rings is 1. The predicted octanol–water partition coefficient (Wildman–Crippen LogP) is 21.7. The van der Waals surface area contributed by atoms with E-state index in [0.717, 1.165) is 17.2 Å². The van der Waals surface area contributed by atoms with Gasteiger partial charge in [0, 0.05) is 86.6 Å². The van der Waals surface area contributed by atoms with Crippen LogP contribution in [0, 0.1) is 12.7 Å². The summed E-state index contributed by atoms with van der Waals surface area (Å²) in [7, 11) is 5.77. The van der Waals surface area contributed by atoms with Gasteiger partial charge in [0.2, 0.25) is 0 Å². The number of nitrogens with zero attached hydrogens (tertiary/aromatic N) is 7. The quantitative estimate of drug-likeness (QED) is 0.0170. The number of amides is 6. The molecule has 1 heterocycles. The van der Waals surface area contributed by atoms with E-state index in [9.17, 15) is 74.0 Å². The number of methoxy groups -OCH3 is 4. The molecule has 12 aromatic rings. The van der Waals surface area contributed by atoms with E-state index in [2.05, 4.69) is 232 Å². The van der Waals surface area contributed by atoms with Gasteiger partial charge in [0.05, 0.1) is 109 Å². The number of carbonyl (C=O) groups is 6. The molecule has 0 bridgehead atoms. The molecule has 1 aromatic heterocycles. The van der Waals surface area contributed by atoms with Gasteiger partial charge in [-0.25, -0.2) is 36.9 Å². The minimum absolute atomic E-state index is 0.0197. The van der Waals surface area contributed by atoms with E-state index < -0.39 is 23.5 Å². The molecule has 0 unspecified atom stereocenters. The van der Waals surface area contributed by atoms with E-state index >= 15 is 0 Å². The zero-order chi connectivity index (χ0) is 99.5. The second-order valence-electron chi connectivity index (χ2n) is 27.7. The SMILES string of the molecule is COc1cc(/C=N/NC(=O)c2ccccc2Br)c(Br)c(Br)c1O.COc1cc(Br)c(Br)c(/C=N/NC(=O)c2ccc(C(C)(C)C)cc2)c1O.COc1cc(Br)c(Br)c(/C=N/NC(=O)c2cccc(F)c2)c1O.COc1cc(Br)c(Br)c(/C=N/NC(=O)c2cccnc2)c1O.Cc1ccccc1C(=O)N/N=C/c1cccc(O)c1O.O=C(N/N=C/c1cccc(O)c1O)c1ccc(Cl)cc1Cl. The van der Waals surface area contributed by atoms with Crippen molar-refractivity contribution in [2.24, 2.45) is 30.6 Å². The minimum Gasteiger partial charge on any atom is -0.504 e. The van der Waals surface area contributed by atoms with Crippen molar-refractivity contribution in [2.75, 3.05) is 28.4 Å². The van der Waals surface area contributed by atoms with Crippen molar-refractivity contribution in [3.05, 3.63) is 334 Å². The van der Waals surface area contributed by atoms with Crippen LogP contribution in [0.1, 0.15) is 127 Å². The number of halogens is 12. The Morgan fingerprint density at radius 3 is 1.19 bits per heavy atom. The Kier molecular flexibility index (Phi) is 43.8. The van der Waals surface area contributed by atoms with E-state index in [-0.39, 0.29) is 102 Å². The number of hydrogen-bond acceptors (Lipinski definition) is 25. The monoisotopic (exact) mass is 2450 g/mol. The highest BCUT2D eigenvalue weighted by molar-refractivity contribution is 9.14. The van der Waals surface area contributed by atoms with Crippen molar-refractivity contribution < 1.29 is 93.0 Å². The van der Waals surface area contributed by atoms with Crippen molar-refractivity contribution in [1.82, 2.24) is 37.5 Å². The maximum absolute atomic E-state index is 13.1. The molecule has 43 heteroatoms. The first-order chi connectivity index (χ1) is 64.2. The molecule has 702 valence electrons. The fourth-order valence-electron chi connectivity index (χ4n) is 10.5. The molecule has 0 spiro atoms. The van der Waals surface area contributed by atoms with E-state index in [1.54, 1.807) is 97.2 Å². The van der Waals surface area contributed by atoms with Gasteiger partial charge in [0.15, 0.2) is 69.0 Å². The first kappa shape index (κ1) is 110. The fraction of sp³-hybridized carbons (Fsp3) is 0.0978. The zero-order valence-electron chi connectivity index (χ0n) is 71.3. The van der Waals surface area contributed by atoms with Crippen LogP contribution < -0.4 is 51.5 Å². The third kappa shape index (κ3) is 32.3. The number of rotatable bonds is 22. The van der Waals surface area contributed by atoms with E-state index in [1.165, 1.54) is 133 Å². The van der Waals surface area contributed by atoms with Gasteiger partial charge < -0.3 is 59.8 Å². The summed E-state index contributed by atoms with van der Waals surface area (Å²) >= 11 is 41.6. The van der Waals surface area contributed by atoms with Crippen molar-refractivity contribution in [3.63, 3.8) is 0 Å². The lowest BCUT2D eigenvalue weighted by Gasteiger charge is -2.18. The van der Waals surface area contributed by atoms with Crippen LogP contribution in [0.25, 0.3) is 0 Å². The van der Waals surface area contributed by atoms with Gasteiger partial charge in [0.1, 0.15) is 5.82 Å². The lowest BCUT2D eigenvalue weighted by atomic mass is 9.87. The Morgan fingerprint density at radius 1 is 0.363 bits per heavy atom. The Bertz CT molecular complexity index is 6510. The van der Waals surface area contributed by atoms with Crippen molar-refractivity contribution in [3.8, 4) is 69.0 Å². The molecule has 0 saturated heterocycles. The molecule has 135 heavy (non-hydrogen) atoms. The first-order valence-corrected chi connectivity index (χ1v) is 46.1. The molecule has 14 N–H and O–H groups in total. The standard InChI is InChI=1S/C19H20Br2N2O3.C15H11Br3N2O3.C15H11Br2FN2O3.C15H14N2O3.C14H11Br2N3O3.C14H10Cl2N2O3/c1-19(2,3)12-7-5-11(6-8-12)18(25)23-22-10-13-16(21)14(20)9-15(26-4)17(13)24;1-23-11-6-8(12(17)13(18)14(11)21)7-19-20-15(22)9-4-2-3-5-10(9)16;1-23-12-6-11(16)13(17)10(14(12)21)7-19-20-15(22)8-3-2-4-9(18)5-8;1-10-5-2-3-7-12(10)15(20)17-16-9-11-6-4-8-13(18)14(11)19;1-22-11-5-10(15)12(16)9(13(11)20)7-18-19-14(21)8-3-2-4-17-6-8;15-9-4-5-10(11(16)6-9)14(21)18-17-7-8-2-1-3-12(19)13(8)20/h5-10,24H,1-4H3,(H,23,25);2*2-7,21H,1H3,(H,20,22);2-9,18-19H,1H3,(H,17,20);2-7,20H,1H3,(H,19,21);1-7,19-20H,(H,18,21)/b22-10+;2*19-7+;16-9+;18-7+;17-7+. The number of aryl methyl sites for hydroxylation is 1. The first-order valence-electron chi connectivity index (χ1n) is 38.2. The Balaban J connectivity index is 0.000000221. The molecule has 0 fully saturated rings. The van der Waals surface area contributed by atoms with Crippen LogP contribution in [0.2, 0.25) is 10.0 Å². The molecular formula is C92H77Br9Cl2FN13O18. The zero-order valence-corrected chi connectivity index (χ0v) is 87.1. The molecular weight excluding hydrogens is 2380 g/mol. The number of aromatic nitrogens is 1. The van der Waals surface area contributed by atoms with Crippen LogP contribution in [-0.2, 0) is 5.41 Å². The summed E-state index contributed by atoms with van der Waals surface area (Å²) in [5.74, 6) is -3.31. The number of carbonyl (C=O) groups excluding carboxylic acids is 6. The van der Waals surface area contributed by atoms with Gasteiger partial charge in [-0.2, -0.15) is 30.6 Å². The van der Waals surface area contributed by atoms with Gasteiger partial charge in [-0.05, 0) is 294 Å². The summed E-state index contributed by atoms with van der Waals surface area (Å²) in [6.07, 6.45) is 10.9. The van der Waals surface area contributed by atoms with Crippen LogP contribution in [0.4, 0.5) is 4.39 Å². The molecule has 0 saturated carbocycles. The van der Waals surface area contributed by atoms with Crippen molar-refractivity contribution in [2.45, 2.75) is 33.1 Å². The van der Waals surface area contributed by atoms with E-state index in [4.69, 9.17) is 42.1 Å². The Hall–Kier alpha value is -12.2. The van der Waals surface area contributed by atoms with Crippen LogP contribution in [-0.4, -0.2) is 147 Å². The summed E-state index contributed by atoms with van der Waals surface area (Å²) in [5.41, 5.74) is 20.7. The predicted molar refractivity (Wildman–Crippen MR) is 548 cm³/mol. The van der Waals surface area contributed by atoms with Crippen LogP contribution >= 0.6 is 167 Å². The molecule has 31 nitrogen and oxygen atoms in total. The summed E-state index contributed by atoms with van der Waals surface area (Å²) in [5, 5.41) is 102. The topological polar surface area (TPSA) is 460 Å². The number of hydrogen-bond donors (Lipinski definition) is 14. The number of phenols is 8. The average Bonchev–Trinajstić information content (AvgIpc) is 0.528. The number of aromatic hydroxyl groups is 8. The summed E-state index contributed by atoms with van der Waals surface area (Å²) in [6, 6.07) is 49.9. The molecule has 11 aromatic carbocycles. The average molecular weight is 2460 g/mol. The highest BCUT2D eigenvalue weighted by Crippen LogP contribution is 2.44. The number of ether oxygens (including phenoxy) is 4. The highest BCUT2D eigenvalue weighted by Gasteiger charge is 2.22. The van der Waals surface area contributed by atoms with Crippen LogP contribution in [0.3, 0.4) is 0 Å². The summed E-state index contributed by atoms with van der Waals surface area (Å²) in [6.45, 7) is 8.18. The van der Waals surface area contributed by atoms with Gasteiger partial charge in [0.25, 0.3) is 35.4 Å². The molecule has 0 aliphatic rings. The highest BCUT2D eigenvalue weighted by atomic mass is 79.9. The third-order valence-electron chi connectivity index (χ3n) is 17.6. The molecule has 0 aliphatic heterocycles. The molecule has 0 aliphatic carbocycles. The second kappa shape index (κ2) is 53.8. The largest absolute Gasteiger partial charge is 0.504 e. The Labute approximate surface area is 857 Å². The lowest BCUT2D eigenvalue weighted by Crippen LogP contribution is -2.18. The van der Waals surface area contributed by atoms with Gasteiger partial charge in [-0.15, -0.1) is 0 Å². The maximum Gasteiger partial charge on any atom is 0.272 e. The van der Waals surface area contributed by atoms with Gasteiger partial charge in [-0.3, -0.25) is 33.8 Å². The number of phenolic OH excluding ortho intramolecular Hbond substituents is 8. The van der Waals surface area contributed by atoms with Crippen molar-refractivity contribution in [1.29, 1.82) is 0 Å². The van der Waals surface area contributed by atoms with Gasteiger partial charge in [-0.1, -0.05) is 105 Å². The normalized spacial score (nSPS) is 10.9. The number of benzene rings is 11. The van der Waals surface area contributed by atoms with Crippen LogP contribution in [0.15, 0.2) is 271 Å². The lowest BCUT2D eigenvalue weighted by molar-refractivity contribution is 0.0946. The molecule has 12 rings (SSSR count). The minimum atomic E-state index is -0.571. The second-order valence-corrected chi connectivity index (χ2v) is 35.9. The number of para-hydroxylation sites is 2.